The van der Waals surface area contributed by atoms with Gasteiger partial charge in [0.05, 0.1) is 29.0 Å². The number of amides is 2. The summed E-state index contributed by atoms with van der Waals surface area (Å²) < 4.78 is 117. The number of carboxylic acid groups (broad SMARTS) is 1. The van der Waals surface area contributed by atoms with Crippen molar-refractivity contribution in [2.75, 3.05) is 12.4 Å². The third kappa shape index (κ3) is 7.60. The van der Waals surface area contributed by atoms with Crippen LogP contribution in [0.4, 0.5) is 40.8 Å². The zero-order chi connectivity index (χ0) is 39.0. The second kappa shape index (κ2) is 14.6. The molecule has 0 saturated heterocycles. The Kier molecular flexibility index (Phi) is 10.7. The first-order chi connectivity index (χ1) is 24.8. The number of benzene rings is 2. The number of carboxylic acids is 1. The molecule has 3 aromatic rings. The zero-order valence-corrected chi connectivity index (χ0v) is 27.9. The Morgan fingerprint density at radius 2 is 1.68 bits per heavy atom. The summed E-state index contributed by atoms with van der Waals surface area (Å²) in [4.78, 5) is 46.1. The summed E-state index contributed by atoms with van der Waals surface area (Å²) in [6, 6.07) is 4.11. The van der Waals surface area contributed by atoms with Crippen LogP contribution in [0.2, 0.25) is 0 Å². The number of hydrazine groups is 1. The lowest BCUT2D eigenvalue weighted by Crippen LogP contribution is -2.62. The van der Waals surface area contributed by atoms with Gasteiger partial charge in [-0.05, 0) is 49.6 Å². The molecular formula is C34H31F8N5O6. The van der Waals surface area contributed by atoms with E-state index in [4.69, 9.17) is 4.74 Å². The van der Waals surface area contributed by atoms with Gasteiger partial charge in [0.1, 0.15) is 23.4 Å². The number of hydrogen-bond donors (Lipinski definition) is 3. The Bertz CT molecular complexity index is 1960. The maximum absolute atomic E-state index is 15.5. The number of alkyl halides is 6. The van der Waals surface area contributed by atoms with Crippen LogP contribution in [0.1, 0.15) is 62.3 Å². The molecule has 1 aliphatic heterocycles. The number of carbonyl (C=O) groups excluding carboxylic acids is 2. The Hall–Kier alpha value is -5.33. The number of aromatic nitrogens is 2. The average molecular weight is 758 g/mol. The van der Waals surface area contributed by atoms with Crippen molar-refractivity contribution in [2.24, 2.45) is 0 Å². The molecule has 2 aliphatic rings. The molecule has 1 atom stereocenters. The Morgan fingerprint density at radius 3 is 2.28 bits per heavy atom. The minimum Gasteiger partial charge on any atom is -0.509 e. The lowest BCUT2D eigenvalue weighted by atomic mass is 9.88. The van der Waals surface area contributed by atoms with E-state index in [9.17, 15) is 50.9 Å². The molecule has 11 nitrogen and oxygen atoms in total. The van der Waals surface area contributed by atoms with E-state index in [2.05, 4.69) is 15.3 Å². The van der Waals surface area contributed by atoms with Crippen LogP contribution in [0.5, 0.6) is 5.75 Å². The van der Waals surface area contributed by atoms with Gasteiger partial charge in [0.2, 0.25) is 5.82 Å². The Balaban J connectivity index is 1.53. The van der Waals surface area contributed by atoms with Gasteiger partial charge < -0.3 is 20.3 Å². The summed E-state index contributed by atoms with van der Waals surface area (Å²) in [5, 5.41) is 25.2. The van der Waals surface area contributed by atoms with Crippen LogP contribution in [0, 0.1) is 11.6 Å². The largest absolute Gasteiger partial charge is 0.509 e. The Labute approximate surface area is 295 Å². The van der Waals surface area contributed by atoms with E-state index >= 15 is 8.78 Å². The number of carbonyl (C=O) groups is 3. The Morgan fingerprint density at radius 1 is 1.00 bits per heavy atom. The first-order valence-electron chi connectivity index (χ1n) is 16.1. The molecule has 2 amide bonds. The highest BCUT2D eigenvalue weighted by molar-refractivity contribution is 6.24. The lowest BCUT2D eigenvalue weighted by Gasteiger charge is -2.48. The summed E-state index contributed by atoms with van der Waals surface area (Å²) in [5.74, 6) is -8.45. The number of nitrogens with zero attached hydrogens (tertiary/aromatic N) is 4. The number of aliphatic hydroxyl groups is 1. The number of rotatable bonds is 10. The highest BCUT2D eigenvalue weighted by Gasteiger charge is 2.53. The highest BCUT2D eigenvalue weighted by atomic mass is 19.4. The van der Waals surface area contributed by atoms with Crippen LogP contribution >= 0.6 is 0 Å². The van der Waals surface area contributed by atoms with Gasteiger partial charge in [0, 0.05) is 18.2 Å². The number of likely N-dealkylation sites (N-methyl/N-ethyl adjacent to an activating group) is 1. The maximum atomic E-state index is 15.5. The van der Waals surface area contributed by atoms with Crippen molar-refractivity contribution in [3.63, 3.8) is 0 Å². The SMILES string of the molecule is CCCC(Oc1ccc(CN2C(=O)C(C(=O)Nc3ccc(C(F)(F)F)cc3-c3cc(C(F)(F)F)ncn3)=C(O)C3(CCCC3)N2C)c(F)c1F)C(=O)O. The van der Waals surface area contributed by atoms with Crippen LogP contribution in [0.15, 0.2) is 54.1 Å². The van der Waals surface area contributed by atoms with Gasteiger partial charge in [-0.2, -0.15) is 30.7 Å². The fraction of sp³-hybridized carbons (Fsp3) is 0.382. The maximum Gasteiger partial charge on any atom is 0.433 e. The van der Waals surface area contributed by atoms with Gasteiger partial charge in [-0.1, -0.05) is 32.3 Å². The molecule has 284 valence electrons. The van der Waals surface area contributed by atoms with Crippen LogP contribution in [-0.4, -0.2) is 66.7 Å². The summed E-state index contributed by atoms with van der Waals surface area (Å²) >= 11 is 0. The second-order valence-corrected chi connectivity index (χ2v) is 12.4. The van der Waals surface area contributed by atoms with Gasteiger partial charge in [0.25, 0.3) is 11.8 Å². The standard InChI is InChI=1S/C34H31F8N5O6/c1-3-6-23(31(51)52)53-22-10-7-17(26(35)27(22)36)15-47-30(50)25(28(48)32(46(47)2)11-4-5-12-32)29(49)45-20-9-8-18(33(37,38)39)13-19(20)21-14-24(34(40,41)42)44-16-43-21/h7-10,13-14,16,23,48H,3-6,11-12,15H2,1-2H3,(H,45,49)(H,51,52). The molecule has 2 aromatic carbocycles. The van der Waals surface area contributed by atoms with Crippen LogP contribution in [0.3, 0.4) is 0 Å². The van der Waals surface area contributed by atoms with E-state index in [1.54, 1.807) is 6.92 Å². The number of aliphatic carboxylic acids is 1. The third-order valence-electron chi connectivity index (χ3n) is 9.14. The number of hydrogen-bond acceptors (Lipinski definition) is 8. The molecule has 2 heterocycles. The number of halogens is 8. The van der Waals surface area contributed by atoms with E-state index in [0.29, 0.717) is 43.8 Å². The lowest BCUT2D eigenvalue weighted by molar-refractivity contribution is -0.163. The molecule has 19 heteroatoms. The molecule has 1 unspecified atom stereocenters. The van der Waals surface area contributed by atoms with Crippen LogP contribution < -0.4 is 10.1 Å². The summed E-state index contributed by atoms with van der Waals surface area (Å²) in [5.41, 5.74) is -7.35. The number of anilines is 1. The van der Waals surface area contributed by atoms with Crippen molar-refractivity contribution >= 4 is 23.5 Å². The molecule has 1 aliphatic carbocycles. The quantitative estimate of drug-likeness (QED) is 0.146. The monoisotopic (exact) mass is 757 g/mol. The van der Waals surface area contributed by atoms with Crippen molar-refractivity contribution in [2.45, 2.75) is 76.0 Å². The molecule has 1 saturated carbocycles. The van der Waals surface area contributed by atoms with Crippen molar-refractivity contribution in [3.8, 4) is 17.0 Å². The summed E-state index contributed by atoms with van der Waals surface area (Å²) in [6.07, 6.45) is -9.26. The number of ether oxygens (including phenoxy) is 1. The zero-order valence-electron chi connectivity index (χ0n) is 27.9. The minimum absolute atomic E-state index is 0.00437. The van der Waals surface area contributed by atoms with E-state index < -0.39 is 111 Å². The highest BCUT2D eigenvalue weighted by Crippen LogP contribution is 2.45. The minimum atomic E-state index is -5.01. The van der Waals surface area contributed by atoms with Crippen LogP contribution in [0.25, 0.3) is 11.3 Å². The first kappa shape index (κ1) is 38.9. The van der Waals surface area contributed by atoms with E-state index in [1.165, 1.54) is 12.1 Å². The normalized spacial score (nSPS) is 17.0. The first-order valence-corrected chi connectivity index (χ1v) is 16.1. The average Bonchev–Trinajstić information content (AvgIpc) is 3.59. The van der Waals surface area contributed by atoms with Gasteiger partial charge in [0.15, 0.2) is 17.7 Å². The second-order valence-electron chi connectivity index (χ2n) is 12.4. The fourth-order valence-electron chi connectivity index (χ4n) is 6.37. The smallest absolute Gasteiger partial charge is 0.433 e. The van der Waals surface area contributed by atoms with E-state index in [-0.39, 0.29) is 19.3 Å². The number of aliphatic hydroxyl groups excluding tert-OH is 1. The van der Waals surface area contributed by atoms with Crippen molar-refractivity contribution < 1.29 is 64.5 Å². The molecule has 1 fully saturated rings. The molecule has 1 aromatic heterocycles. The summed E-state index contributed by atoms with van der Waals surface area (Å²) in [6.45, 7) is 0.950. The van der Waals surface area contributed by atoms with Gasteiger partial charge >= 0.3 is 18.3 Å². The molecule has 0 bridgehead atoms. The van der Waals surface area contributed by atoms with Crippen molar-refractivity contribution in [3.05, 3.63) is 82.5 Å². The molecule has 3 N–H and O–H groups in total. The molecule has 1 spiro atoms. The van der Waals surface area contributed by atoms with E-state index in [0.717, 1.165) is 23.2 Å². The summed E-state index contributed by atoms with van der Waals surface area (Å²) in [7, 11) is 1.38. The van der Waals surface area contributed by atoms with Gasteiger partial charge in [-0.15, -0.1) is 0 Å². The molecular weight excluding hydrogens is 726 g/mol. The third-order valence-corrected chi connectivity index (χ3v) is 9.14. The molecule has 0 radical (unpaired) electrons. The molecule has 5 rings (SSSR count). The number of nitrogens with one attached hydrogen (secondary N) is 1. The van der Waals surface area contributed by atoms with Crippen molar-refractivity contribution in [1.29, 1.82) is 0 Å². The van der Waals surface area contributed by atoms with Gasteiger partial charge in [-0.3, -0.25) is 14.6 Å². The molecule has 53 heavy (non-hydrogen) atoms. The van der Waals surface area contributed by atoms with E-state index in [1.807, 2.05) is 0 Å². The predicted molar refractivity (Wildman–Crippen MR) is 169 cm³/mol. The van der Waals surface area contributed by atoms with Crippen molar-refractivity contribution in [1.82, 2.24) is 20.0 Å². The van der Waals surface area contributed by atoms with Gasteiger partial charge in [-0.25, -0.2) is 24.2 Å². The topological polar surface area (TPSA) is 145 Å². The fourth-order valence-corrected chi connectivity index (χ4v) is 6.37. The van der Waals surface area contributed by atoms with Crippen LogP contribution in [-0.2, 0) is 33.3 Å². The predicted octanol–water partition coefficient (Wildman–Crippen LogP) is 7.04.